The van der Waals surface area contributed by atoms with Crippen molar-refractivity contribution in [3.05, 3.63) is 35.3 Å². The van der Waals surface area contributed by atoms with Gasteiger partial charge in [-0.05, 0) is 101 Å². The molecule has 4 aliphatic rings. The van der Waals surface area contributed by atoms with Gasteiger partial charge in [-0.3, -0.25) is 14.0 Å². The minimum Gasteiger partial charge on any atom is -0.390 e. The average molecular weight is 453 g/mol. The van der Waals surface area contributed by atoms with Crippen LogP contribution in [0.2, 0.25) is 0 Å². The molecule has 33 heavy (non-hydrogen) atoms. The van der Waals surface area contributed by atoms with E-state index in [2.05, 4.69) is 15.6 Å². The molecule has 7 heteroatoms. The Kier molecular flexibility index (Phi) is 5.51. The molecule has 2 aromatic rings. The van der Waals surface area contributed by atoms with Crippen LogP contribution in [0.15, 0.2) is 18.2 Å². The van der Waals surface area contributed by atoms with E-state index in [1.165, 1.54) is 38.5 Å². The van der Waals surface area contributed by atoms with Crippen molar-refractivity contribution in [2.75, 3.05) is 13.1 Å². The van der Waals surface area contributed by atoms with Crippen LogP contribution in [0, 0.1) is 30.1 Å². The predicted octanol–water partition coefficient (Wildman–Crippen LogP) is 3.48. The number of pyridine rings is 1. The first kappa shape index (κ1) is 22.4. The molecular weight excluding hydrogens is 416 g/mol. The molecule has 0 saturated heterocycles. The molecule has 0 aliphatic heterocycles. The van der Waals surface area contributed by atoms with E-state index in [1.54, 1.807) is 24.3 Å². The van der Waals surface area contributed by atoms with Crippen LogP contribution < -0.4 is 10.6 Å². The molecule has 3 N–H and O–H groups in total. The van der Waals surface area contributed by atoms with Crippen LogP contribution in [-0.4, -0.2) is 45.0 Å². The summed E-state index contributed by atoms with van der Waals surface area (Å²) in [6.07, 6.45) is 8.38. The molecule has 0 atom stereocenters. The first-order valence-electron chi connectivity index (χ1n) is 12.4. The molecule has 0 radical (unpaired) electrons. The number of hydrogen-bond acceptors (Lipinski definition) is 4. The monoisotopic (exact) mass is 452 g/mol. The minimum absolute atomic E-state index is 0.106. The summed E-state index contributed by atoms with van der Waals surface area (Å²) in [4.78, 5) is 30.5. The van der Waals surface area contributed by atoms with Crippen LogP contribution in [0.25, 0.3) is 5.65 Å². The summed E-state index contributed by atoms with van der Waals surface area (Å²) in [7, 11) is 0. The van der Waals surface area contributed by atoms with E-state index in [1.807, 2.05) is 19.1 Å². The zero-order chi connectivity index (χ0) is 23.4. The van der Waals surface area contributed by atoms with Gasteiger partial charge in [0.15, 0.2) is 0 Å². The van der Waals surface area contributed by atoms with Gasteiger partial charge in [-0.2, -0.15) is 0 Å². The van der Waals surface area contributed by atoms with Crippen molar-refractivity contribution in [1.29, 1.82) is 0 Å². The van der Waals surface area contributed by atoms with Crippen LogP contribution >= 0.6 is 0 Å². The number of carbonyl (C=O) groups is 2. The molecule has 4 saturated carbocycles. The van der Waals surface area contributed by atoms with Crippen LogP contribution in [0.5, 0.6) is 0 Å². The van der Waals surface area contributed by atoms with Crippen LogP contribution in [-0.2, 0) is 0 Å². The minimum atomic E-state index is -0.844. The van der Waals surface area contributed by atoms with E-state index >= 15 is 0 Å². The van der Waals surface area contributed by atoms with E-state index < -0.39 is 5.60 Å². The molecular formula is C26H36N4O3. The molecule has 0 spiro atoms. The zero-order valence-corrected chi connectivity index (χ0v) is 20.0. The highest BCUT2D eigenvalue weighted by atomic mass is 16.3. The number of carbonyl (C=O) groups excluding carboxylic acids is 2. The van der Waals surface area contributed by atoms with Crippen molar-refractivity contribution >= 4 is 17.5 Å². The summed E-state index contributed by atoms with van der Waals surface area (Å²) in [5, 5.41) is 15.9. The number of amides is 2. The van der Waals surface area contributed by atoms with E-state index in [0.29, 0.717) is 35.7 Å². The third-order valence-corrected chi connectivity index (χ3v) is 8.13. The Bertz CT molecular complexity index is 1050. The molecule has 7 nitrogen and oxygen atoms in total. The quantitative estimate of drug-likeness (QED) is 0.599. The molecule has 6 rings (SSSR count). The summed E-state index contributed by atoms with van der Waals surface area (Å²) in [6, 6.07) is 5.43. The highest BCUT2D eigenvalue weighted by molar-refractivity contribution is 5.96. The molecule has 4 fully saturated rings. The Morgan fingerprint density at radius 1 is 1.09 bits per heavy atom. The third-order valence-electron chi connectivity index (χ3n) is 8.13. The molecule has 4 bridgehead atoms. The van der Waals surface area contributed by atoms with Gasteiger partial charge in [0.1, 0.15) is 17.0 Å². The molecule has 4 aliphatic carbocycles. The molecule has 0 aromatic carbocycles. The van der Waals surface area contributed by atoms with Gasteiger partial charge in [0.25, 0.3) is 11.8 Å². The number of nitrogens with zero attached hydrogens (tertiary/aromatic N) is 2. The number of fused-ring (bicyclic) bond motifs is 1. The smallest absolute Gasteiger partial charge is 0.271 e. The van der Waals surface area contributed by atoms with Crippen molar-refractivity contribution < 1.29 is 14.7 Å². The fourth-order valence-electron chi connectivity index (χ4n) is 7.06. The van der Waals surface area contributed by atoms with Crippen molar-refractivity contribution in [3.63, 3.8) is 0 Å². The third kappa shape index (κ3) is 4.39. The first-order chi connectivity index (χ1) is 15.6. The van der Waals surface area contributed by atoms with Crippen molar-refractivity contribution in [2.24, 2.45) is 23.2 Å². The topological polar surface area (TPSA) is 95.7 Å². The Morgan fingerprint density at radius 3 is 2.33 bits per heavy atom. The summed E-state index contributed by atoms with van der Waals surface area (Å²) in [6.45, 7) is 6.34. The van der Waals surface area contributed by atoms with Crippen molar-refractivity contribution in [2.45, 2.75) is 71.3 Å². The van der Waals surface area contributed by atoms with Gasteiger partial charge < -0.3 is 15.7 Å². The number of aryl methyl sites for hydroxylation is 1. The Morgan fingerprint density at radius 2 is 1.73 bits per heavy atom. The second-order valence-electron chi connectivity index (χ2n) is 11.6. The van der Waals surface area contributed by atoms with Crippen LogP contribution in [0.4, 0.5) is 0 Å². The highest BCUT2D eigenvalue weighted by Crippen LogP contribution is 2.59. The maximum atomic E-state index is 13.3. The van der Waals surface area contributed by atoms with E-state index in [4.69, 9.17) is 0 Å². The highest BCUT2D eigenvalue weighted by Gasteiger charge is 2.50. The molecule has 2 amide bonds. The number of imidazole rings is 1. The second-order valence-corrected chi connectivity index (χ2v) is 11.6. The first-order valence-corrected chi connectivity index (χ1v) is 12.4. The van der Waals surface area contributed by atoms with Gasteiger partial charge >= 0.3 is 0 Å². The zero-order valence-electron chi connectivity index (χ0n) is 20.0. The van der Waals surface area contributed by atoms with Gasteiger partial charge in [0.2, 0.25) is 0 Å². The fourth-order valence-corrected chi connectivity index (χ4v) is 7.06. The summed E-state index contributed by atoms with van der Waals surface area (Å²) in [5.74, 6) is 2.16. The number of nitrogens with one attached hydrogen (secondary N) is 2. The molecule has 2 heterocycles. The number of rotatable bonds is 7. The molecule has 178 valence electrons. The van der Waals surface area contributed by atoms with Gasteiger partial charge in [-0.25, -0.2) is 4.98 Å². The normalized spacial score (nSPS) is 28.3. The average Bonchev–Trinajstić information content (AvgIpc) is 3.07. The Labute approximate surface area is 195 Å². The van der Waals surface area contributed by atoms with E-state index in [0.717, 1.165) is 24.3 Å². The van der Waals surface area contributed by atoms with Gasteiger partial charge in [0, 0.05) is 13.1 Å². The number of aliphatic hydroxyl groups is 1. The largest absolute Gasteiger partial charge is 0.390 e. The van der Waals surface area contributed by atoms with Crippen LogP contribution in [0.1, 0.15) is 85.5 Å². The Balaban J connectivity index is 1.31. The van der Waals surface area contributed by atoms with Crippen molar-refractivity contribution in [3.8, 4) is 0 Å². The lowest BCUT2D eigenvalue weighted by Crippen LogP contribution is -2.51. The van der Waals surface area contributed by atoms with Gasteiger partial charge in [-0.15, -0.1) is 0 Å². The molecule has 0 unspecified atom stereocenters. The fraction of sp³-hybridized carbons (Fsp3) is 0.654. The second kappa shape index (κ2) is 8.12. The number of aromatic nitrogens is 2. The summed E-state index contributed by atoms with van der Waals surface area (Å²) in [5.41, 5.74) is 1.48. The lowest BCUT2D eigenvalue weighted by atomic mass is 9.49. The predicted molar refractivity (Wildman–Crippen MR) is 126 cm³/mol. The van der Waals surface area contributed by atoms with Crippen LogP contribution in [0.3, 0.4) is 0 Å². The molecule has 2 aromatic heterocycles. The van der Waals surface area contributed by atoms with Gasteiger partial charge in [-0.1, -0.05) is 6.07 Å². The SMILES string of the molecule is Cc1c(C(=O)NCCC(C)(C)O)nc2cccc(C(=O)NCC34CC5CC(CC(C5)C3)C4)n12. The van der Waals surface area contributed by atoms with E-state index in [9.17, 15) is 14.7 Å². The standard InChI is InChI=1S/C26H36N4O3/c1-16-22(24(32)27-8-7-25(2,3)33)29-21-6-4-5-20(30(16)21)23(31)28-15-26-12-17-9-18(13-26)11-19(10-17)14-26/h4-6,17-19,33H,7-15H2,1-3H3,(H,27,32)(H,28,31). The van der Waals surface area contributed by atoms with Gasteiger partial charge in [0.05, 0.1) is 11.3 Å². The summed E-state index contributed by atoms with van der Waals surface area (Å²) < 4.78 is 1.78. The Hall–Kier alpha value is -2.41. The number of hydrogen-bond donors (Lipinski definition) is 3. The maximum Gasteiger partial charge on any atom is 0.271 e. The lowest BCUT2D eigenvalue weighted by molar-refractivity contribution is -0.0503. The maximum absolute atomic E-state index is 13.3. The van der Waals surface area contributed by atoms with E-state index in [-0.39, 0.29) is 17.2 Å². The van der Waals surface area contributed by atoms with Crippen molar-refractivity contribution in [1.82, 2.24) is 20.0 Å². The summed E-state index contributed by atoms with van der Waals surface area (Å²) >= 11 is 0. The lowest BCUT2D eigenvalue weighted by Gasteiger charge is -2.56.